The second-order valence-electron chi connectivity index (χ2n) is 5.38. The molecule has 0 aliphatic heterocycles. The molecule has 0 bridgehead atoms. The molecular formula is C16H22ClN3O. The zero-order chi connectivity index (χ0) is 15.4. The van der Waals surface area contributed by atoms with Crippen LogP contribution in [0.3, 0.4) is 0 Å². The van der Waals surface area contributed by atoms with Gasteiger partial charge in [-0.25, -0.2) is 0 Å². The van der Waals surface area contributed by atoms with Gasteiger partial charge in [0, 0.05) is 19.6 Å². The van der Waals surface area contributed by atoms with Crippen molar-refractivity contribution in [2.24, 2.45) is 7.05 Å². The van der Waals surface area contributed by atoms with Crippen molar-refractivity contribution in [3.05, 3.63) is 46.2 Å². The molecule has 1 heterocycles. The molecule has 21 heavy (non-hydrogen) atoms. The van der Waals surface area contributed by atoms with E-state index >= 15 is 0 Å². The van der Waals surface area contributed by atoms with Crippen LogP contribution in [0.15, 0.2) is 24.3 Å². The highest BCUT2D eigenvalue weighted by Crippen LogP contribution is 2.19. The zero-order valence-electron chi connectivity index (χ0n) is 13.0. The highest BCUT2D eigenvalue weighted by Gasteiger charge is 2.12. The van der Waals surface area contributed by atoms with E-state index in [9.17, 15) is 0 Å². The van der Waals surface area contributed by atoms with Gasteiger partial charge in [-0.3, -0.25) is 4.68 Å². The van der Waals surface area contributed by atoms with Crippen LogP contribution >= 0.6 is 11.6 Å². The van der Waals surface area contributed by atoms with E-state index in [1.54, 1.807) is 0 Å². The molecule has 5 heteroatoms. The van der Waals surface area contributed by atoms with E-state index in [2.05, 4.69) is 24.3 Å². The molecule has 1 aromatic carbocycles. The summed E-state index contributed by atoms with van der Waals surface area (Å²) in [5.74, 6) is 0.892. The Labute approximate surface area is 131 Å². The van der Waals surface area contributed by atoms with Gasteiger partial charge in [0.25, 0.3) is 0 Å². The summed E-state index contributed by atoms with van der Waals surface area (Å²) in [6.45, 7) is 7.35. The molecule has 114 valence electrons. The van der Waals surface area contributed by atoms with Gasteiger partial charge in [-0.2, -0.15) is 5.10 Å². The number of benzene rings is 1. The zero-order valence-corrected chi connectivity index (χ0v) is 13.7. The molecule has 1 N–H and O–H groups in total. The van der Waals surface area contributed by atoms with Crippen molar-refractivity contribution in [3.8, 4) is 5.75 Å². The predicted molar refractivity (Wildman–Crippen MR) is 85.9 cm³/mol. The van der Waals surface area contributed by atoms with Gasteiger partial charge >= 0.3 is 0 Å². The van der Waals surface area contributed by atoms with Gasteiger partial charge in [-0.15, -0.1) is 0 Å². The number of hydrogen-bond donors (Lipinski definition) is 1. The third-order valence-corrected chi connectivity index (χ3v) is 3.89. The van der Waals surface area contributed by atoms with Crippen LogP contribution < -0.4 is 10.1 Å². The molecule has 1 atom stereocenters. The van der Waals surface area contributed by atoms with E-state index < -0.39 is 0 Å². The maximum Gasteiger partial charge on any atom is 0.119 e. The monoisotopic (exact) mass is 307 g/mol. The molecule has 1 aromatic heterocycles. The Morgan fingerprint density at radius 3 is 2.52 bits per heavy atom. The van der Waals surface area contributed by atoms with E-state index in [4.69, 9.17) is 16.3 Å². The van der Waals surface area contributed by atoms with Crippen LogP contribution in [0.25, 0.3) is 0 Å². The summed E-state index contributed by atoms with van der Waals surface area (Å²) in [7, 11) is 1.91. The molecule has 2 rings (SSSR count). The maximum absolute atomic E-state index is 6.23. The fourth-order valence-electron chi connectivity index (χ4n) is 2.06. The lowest BCUT2D eigenvalue weighted by Gasteiger charge is -2.15. The Hall–Kier alpha value is -1.52. The van der Waals surface area contributed by atoms with E-state index in [0.717, 1.165) is 22.2 Å². The Morgan fingerprint density at radius 1 is 1.29 bits per heavy atom. The van der Waals surface area contributed by atoms with E-state index in [1.807, 2.05) is 42.9 Å². The van der Waals surface area contributed by atoms with Crippen LogP contribution in [-0.4, -0.2) is 22.4 Å². The fourth-order valence-corrected chi connectivity index (χ4v) is 2.28. The number of hydrogen-bond acceptors (Lipinski definition) is 3. The molecule has 0 spiro atoms. The molecule has 0 saturated carbocycles. The van der Waals surface area contributed by atoms with Crippen LogP contribution in [0.4, 0.5) is 0 Å². The predicted octanol–water partition coefficient (Wildman–Crippen LogP) is 3.25. The van der Waals surface area contributed by atoms with Crippen LogP contribution in [0.2, 0.25) is 5.02 Å². The van der Waals surface area contributed by atoms with E-state index in [0.29, 0.717) is 13.2 Å². The van der Waals surface area contributed by atoms with Gasteiger partial charge in [0.15, 0.2) is 0 Å². The number of nitrogens with zero attached hydrogens (tertiary/aromatic N) is 2. The van der Waals surface area contributed by atoms with Crippen molar-refractivity contribution in [2.45, 2.75) is 33.4 Å². The summed E-state index contributed by atoms with van der Waals surface area (Å²) in [5, 5.41) is 8.44. The second kappa shape index (κ2) is 6.96. The van der Waals surface area contributed by atoms with Crippen molar-refractivity contribution in [1.82, 2.24) is 15.1 Å². The largest absolute Gasteiger partial charge is 0.492 e. The number of aromatic nitrogens is 2. The first-order chi connectivity index (χ1) is 9.97. The summed E-state index contributed by atoms with van der Waals surface area (Å²) >= 11 is 6.23. The molecule has 1 unspecified atom stereocenters. The van der Waals surface area contributed by atoms with Crippen LogP contribution in [0, 0.1) is 13.8 Å². The second-order valence-corrected chi connectivity index (χ2v) is 5.75. The first-order valence-corrected chi connectivity index (χ1v) is 7.46. The minimum Gasteiger partial charge on any atom is -0.492 e. The molecular weight excluding hydrogens is 286 g/mol. The minimum atomic E-state index is 0.220. The Morgan fingerprint density at radius 2 is 1.95 bits per heavy atom. The number of ether oxygens (including phenoxy) is 1. The molecule has 0 aliphatic carbocycles. The molecule has 0 amide bonds. The highest BCUT2D eigenvalue weighted by molar-refractivity contribution is 6.31. The van der Waals surface area contributed by atoms with Gasteiger partial charge in [-0.1, -0.05) is 29.3 Å². The van der Waals surface area contributed by atoms with Gasteiger partial charge < -0.3 is 10.1 Å². The standard InChI is InChI=1S/C16H22ClN3O/c1-11-5-7-14(8-6-11)21-10-12(2)18-9-15-16(17)13(3)19-20(15)4/h5-8,12,18H,9-10H2,1-4H3. The highest BCUT2D eigenvalue weighted by atomic mass is 35.5. The normalized spacial score (nSPS) is 12.4. The molecule has 2 aromatic rings. The molecule has 0 aliphatic rings. The Kier molecular flexibility index (Phi) is 5.26. The third-order valence-electron chi connectivity index (χ3n) is 3.40. The van der Waals surface area contributed by atoms with Crippen molar-refractivity contribution >= 4 is 11.6 Å². The summed E-state index contributed by atoms with van der Waals surface area (Å²) < 4.78 is 7.58. The van der Waals surface area contributed by atoms with Gasteiger partial charge in [0.2, 0.25) is 0 Å². The maximum atomic E-state index is 6.23. The van der Waals surface area contributed by atoms with Gasteiger partial charge in [-0.05, 0) is 32.9 Å². The molecule has 0 saturated heterocycles. The SMILES string of the molecule is Cc1ccc(OCC(C)NCc2c(Cl)c(C)nn2C)cc1. The Bertz CT molecular complexity index is 592. The first-order valence-electron chi connectivity index (χ1n) is 7.08. The van der Waals surface area contributed by atoms with Crippen molar-refractivity contribution in [3.63, 3.8) is 0 Å². The number of aryl methyl sites for hydroxylation is 3. The fraction of sp³-hybridized carbons (Fsp3) is 0.438. The van der Waals surface area contributed by atoms with Crippen LogP contribution in [0.1, 0.15) is 23.9 Å². The van der Waals surface area contributed by atoms with Crippen molar-refractivity contribution in [2.75, 3.05) is 6.61 Å². The lowest BCUT2D eigenvalue weighted by Crippen LogP contribution is -2.32. The summed E-state index contributed by atoms with van der Waals surface area (Å²) in [5.41, 5.74) is 3.09. The van der Waals surface area contributed by atoms with Crippen molar-refractivity contribution < 1.29 is 4.74 Å². The summed E-state index contributed by atoms with van der Waals surface area (Å²) in [6, 6.07) is 8.29. The topological polar surface area (TPSA) is 39.1 Å². The smallest absolute Gasteiger partial charge is 0.119 e. The Balaban J connectivity index is 1.82. The minimum absolute atomic E-state index is 0.220. The number of rotatable bonds is 6. The average Bonchev–Trinajstić information content (AvgIpc) is 2.69. The molecule has 4 nitrogen and oxygen atoms in total. The third kappa shape index (κ3) is 4.22. The van der Waals surface area contributed by atoms with E-state index in [1.165, 1.54) is 5.56 Å². The molecule has 0 radical (unpaired) electrons. The average molecular weight is 308 g/mol. The summed E-state index contributed by atoms with van der Waals surface area (Å²) in [4.78, 5) is 0. The van der Waals surface area contributed by atoms with Gasteiger partial charge in [0.1, 0.15) is 12.4 Å². The molecule has 0 fully saturated rings. The lowest BCUT2D eigenvalue weighted by atomic mass is 10.2. The van der Waals surface area contributed by atoms with E-state index in [-0.39, 0.29) is 6.04 Å². The summed E-state index contributed by atoms with van der Waals surface area (Å²) in [6.07, 6.45) is 0. The van der Waals surface area contributed by atoms with Gasteiger partial charge in [0.05, 0.1) is 16.4 Å². The van der Waals surface area contributed by atoms with Crippen LogP contribution in [-0.2, 0) is 13.6 Å². The lowest BCUT2D eigenvalue weighted by molar-refractivity contribution is 0.271. The van der Waals surface area contributed by atoms with Crippen molar-refractivity contribution in [1.29, 1.82) is 0 Å². The number of nitrogens with one attached hydrogen (secondary N) is 1. The first kappa shape index (κ1) is 15.9. The number of halogens is 1. The quantitative estimate of drug-likeness (QED) is 0.890. The van der Waals surface area contributed by atoms with Crippen LogP contribution in [0.5, 0.6) is 5.75 Å².